The maximum atomic E-state index is 12.6. The Morgan fingerprint density at radius 1 is 1.18 bits per heavy atom. The summed E-state index contributed by atoms with van der Waals surface area (Å²) in [5, 5.41) is 6.68. The van der Waals surface area contributed by atoms with Crippen LogP contribution in [0.3, 0.4) is 0 Å². The van der Waals surface area contributed by atoms with Gasteiger partial charge in [0.05, 0.1) is 12.6 Å². The first-order valence-corrected chi connectivity index (χ1v) is 10.00. The lowest BCUT2D eigenvalue weighted by molar-refractivity contribution is -0.143. The van der Waals surface area contributed by atoms with Gasteiger partial charge in [0.2, 0.25) is 0 Å². The summed E-state index contributed by atoms with van der Waals surface area (Å²) < 4.78 is 37.7. The van der Waals surface area contributed by atoms with Crippen molar-refractivity contribution in [2.75, 3.05) is 46.3 Å². The van der Waals surface area contributed by atoms with Crippen LogP contribution in [0, 0.1) is 0 Å². The molecule has 2 N–H and O–H groups in total. The summed E-state index contributed by atoms with van der Waals surface area (Å²) in [6.45, 7) is 2.87. The average molecular weight is 397 g/mol. The summed E-state index contributed by atoms with van der Waals surface area (Å²) in [6.07, 6.45) is -1.03. The molecule has 1 aromatic rings. The van der Waals surface area contributed by atoms with Crippen LogP contribution in [0.25, 0.3) is 0 Å². The van der Waals surface area contributed by atoms with Crippen molar-refractivity contribution < 1.29 is 13.2 Å². The molecule has 2 fully saturated rings. The first-order valence-electron chi connectivity index (χ1n) is 10.00. The van der Waals surface area contributed by atoms with E-state index in [1.54, 1.807) is 7.05 Å². The van der Waals surface area contributed by atoms with E-state index >= 15 is 0 Å². The molecule has 0 bridgehead atoms. The third-order valence-corrected chi connectivity index (χ3v) is 5.47. The molecule has 0 saturated carbocycles. The number of halogens is 3. The Kier molecular flexibility index (Phi) is 7.18. The van der Waals surface area contributed by atoms with Gasteiger partial charge in [-0.1, -0.05) is 30.3 Å². The number of hydrogen-bond donors (Lipinski definition) is 2. The minimum Gasteiger partial charge on any atom is -0.354 e. The molecule has 2 unspecified atom stereocenters. The molecular weight excluding hydrogens is 367 g/mol. The molecule has 0 radical (unpaired) electrons. The van der Waals surface area contributed by atoms with E-state index in [0.717, 1.165) is 13.1 Å². The van der Waals surface area contributed by atoms with E-state index in [9.17, 15) is 13.2 Å². The van der Waals surface area contributed by atoms with Gasteiger partial charge in [0, 0.05) is 32.7 Å². The van der Waals surface area contributed by atoms with E-state index in [-0.39, 0.29) is 12.1 Å². The monoisotopic (exact) mass is 397 g/mol. The Morgan fingerprint density at radius 3 is 2.54 bits per heavy atom. The van der Waals surface area contributed by atoms with E-state index in [1.807, 2.05) is 6.07 Å². The highest BCUT2D eigenvalue weighted by atomic mass is 19.4. The zero-order valence-corrected chi connectivity index (χ0v) is 16.4. The van der Waals surface area contributed by atoms with Gasteiger partial charge in [0.15, 0.2) is 5.96 Å². The predicted molar refractivity (Wildman–Crippen MR) is 105 cm³/mol. The molecule has 8 heteroatoms. The van der Waals surface area contributed by atoms with Crippen LogP contribution in [0.1, 0.15) is 30.9 Å². The standard InChI is InChI=1S/C20H30F3N5/c1-24-19(26-17-9-12-27(14-17)15-20(21,22)23)25-13-18(28-10-5-6-11-28)16-7-3-2-4-8-16/h2-4,7-8,17-18H,5-6,9-15H2,1H3,(H2,24,25,26). The molecule has 2 saturated heterocycles. The Bertz CT molecular complexity index is 628. The summed E-state index contributed by atoms with van der Waals surface area (Å²) in [4.78, 5) is 8.21. The highest BCUT2D eigenvalue weighted by Crippen LogP contribution is 2.24. The second-order valence-corrected chi connectivity index (χ2v) is 7.60. The van der Waals surface area contributed by atoms with E-state index in [0.29, 0.717) is 32.0 Å². The molecule has 0 aromatic heterocycles. The minimum atomic E-state index is -4.15. The molecule has 156 valence electrons. The third kappa shape index (κ3) is 6.10. The van der Waals surface area contributed by atoms with Crippen molar-refractivity contribution >= 4 is 5.96 Å². The highest BCUT2D eigenvalue weighted by molar-refractivity contribution is 5.80. The lowest BCUT2D eigenvalue weighted by Gasteiger charge is -2.29. The predicted octanol–water partition coefficient (Wildman–Crippen LogP) is 2.63. The van der Waals surface area contributed by atoms with Crippen molar-refractivity contribution in [3.8, 4) is 0 Å². The number of guanidine groups is 1. The molecule has 0 amide bonds. The molecule has 0 spiro atoms. The SMILES string of the molecule is CN=C(NCC(c1ccccc1)N1CCCC1)NC1CCN(CC(F)(F)F)C1. The van der Waals surface area contributed by atoms with Crippen LogP contribution >= 0.6 is 0 Å². The maximum Gasteiger partial charge on any atom is 0.401 e. The first-order chi connectivity index (χ1) is 13.4. The maximum absolute atomic E-state index is 12.6. The second-order valence-electron chi connectivity index (χ2n) is 7.60. The van der Waals surface area contributed by atoms with Crippen LogP contribution in [-0.2, 0) is 0 Å². The van der Waals surface area contributed by atoms with Gasteiger partial charge in [-0.25, -0.2) is 0 Å². The molecule has 28 heavy (non-hydrogen) atoms. The number of rotatable bonds is 6. The van der Waals surface area contributed by atoms with Gasteiger partial charge >= 0.3 is 6.18 Å². The van der Waals surface area contributed by atoms with Crippen LogP contribution < -0.4 is 10.6 Å². The molecule has 2 atom stereocenters. The molecule has 2 aliphatic heterocycles. The summed E-state index contributed by atoms with van der Waals surface area (Å²) in [5.41, 5.74) is 1.27. The molecule has 2 heterocycles. The number of benzene rings is 1. The first kappa shape index (κ1) is 20.9. The van der Waals surface area contributed by atoms with Crippen LogP contribution in [0.15, 0.2) is 35.3 Å². The molecule has 2 aliphatic rings. The summed E-state index contributed by atoms with van der Waals surface area (Å²) >= 11 is 0. The van der Waals surface area contributed by atoms with Crippen LogP contribution in [-0.4, -0.2) is 74.3 Å². The molecule has 0 aliphatic carbocycles. The van der Waals surface area contributed by atoms with Crippen molar-refractivity contribution in [1.82, 2.24) is 20.4 Å². The number of nitrogens with zero attached hydrogens (tertiary/aromatic N) is 3. The van der Waals surface area contributed by atoms with Crippen LogP contribution in [0.4, 0.5) is 13.2 Å². The zero-order valence-electron chi connectivity index (χ0n) is 16.4. The van der Waals surface area contributed by atoms with E-state index < -0.39 is 12.7 Å². The Balaban J connectivity index is 1.54. The summed E-state index contributed by atoms with van der Waals surface area (Å²) in [7, 11) is 1.70. The van der Waals surface area contributed by atoms with E-state index in [4.69, 9.17) is 0 Å². The number of nitrogens with one attached hydrogen (secondary N) is 2. The van der Waals surface area contributed by atoms with Gasteiger partial charge in [0.1, 0.15) is 0 Å². The summed E-state index contributed by atoms with van der Waals surface area (Å²) in [5.74, 6) is 0.652. The van der Waals surface area contributed by atoms with Crippen molar-refractivity contribution in [1.29, 1.82) is 0 Å². The third-order valence-electron chi connectivity index (χ3n) is 5.47. The smallest absolute Gasteiger partial charge is 0.354 e. The van der Waals surface area contributed by atoms with Gasteiger partial charge in [-0.3, -0.25) is 14.8 Å². The number of likely N-dealkylation sites (tertiary alicyclic amines) is 2. The van der Waals surface area contributed by atoms with Crippen molar-refractivity contribution in [2.45, 2.75) is 37.5 Å². The number of alkyl halides is 3. The van der Waals surface area contributed by atoms with Gasteiger partial charge in [-0.05, 0) is 37.9 Å². The van der Waals surface area contributed by atoms with Crippen LogP contribution in [0.2, 0.25) is 0 Å². The van der Waals surface area contributed by atoms with Gasteiger partial charge in [0.25, 0.3) is 0 Å². The van der Waals surface area contributed by atoms with Crippen molar-refractivity contribution in [3.05, 3.63) is 35.9 Å². The molecule has 1 aromatic carbocycles. The topological polar surface area (TPSA) is 42.9 Å². The second kappa shape index (κ2) is 9.60. The largest absolute Gasteiger partial charge is 0.401 e. The lowest BCUT2D eigenvalue weighted by atomic mass is 10.1. The van der Waals surface area contributed by atoms with Gasteiger partial charge in [-0.15, -0.1) is 0 Å². The van der Waals surface area contributed by atoms with Gasteiger partial charge in [-0.2, -0.15) is 13.2 Å². The number of aliphatic imine (C=N–C) groups is 1. The summed E-state index contributed by atoms with van der Waals surface area (Å²) in [6, 6.07) is 10.7. The van der Waals surface area contributed by atoms with Crippen LogP contribution in [0.5, 0.6) is 0 Å². The fourth-order valence-electron chi connectivity index (χ4n) is 4.12. The Hall–Kier alpha value is -1.80. The fraction of sp³-hybridized carbons (Fsp3) is 0.650. The fourth-order valence-corrected chi connectivity index (χ4v) is 4.12. The lowest BCUT2D eigenvalue weighted by Crippen LogP contribution is -2.47. The van der Waals surface area contributed by atoms with Gasteiger partial charge < -0.3 is 10.6 Å². The Labute approximate surface area is 165 Å². The quantitative estimate of drug-likeness (QED) is 0.572. The average Bonchev–Trinajstić information content (AvgIpc) is 3.33. The molecule has 5 nitrogen and oxygen atoms in total. The highest BCUT2D eigenvalue weighted by Gasteiger charge is 2.34. The van der Waals surface area contributed by atoms with Crippen molar-refractivity contribution in [2.24, 2.45) is 4.99 Å². The minimum absolute atomic E-state index is 0.0180. The molecular formula is C20H30F3N5. The molecule has 3 rings (SSSR count). The zero-order chi connectivity index (χ0) is 20.0. The Morgan fingerprint density at radius 2 is 1.89 bits per heavy atom. The number of hydrogen-bond acceptors (Lipinski definition) is 3. The van der Waals surface area contributed by atoms with E-state index in [1.165, 1.54) is 23.3 Å². The van der Waals surface area contributed by atoms with Crippen molar-refractivity contribution in [3.63, 3.8) is 0 Å². The normalized spacial score (nSPS) is 23.1. The van der Waals surface area contributed by atoms with E-state index in [2.05, 4.69) is 44.8 Å².